The van der Waals surface area contributed by atoms with Crippen molar-refractivity contribution < 1.29 is 23.1 Å². The van der Waals surface area contributed by atoms with Gasteiger partial charge in [-0.2, -0.15) is 0 Å². The second kappa shape index (κ2) is 8.33. The van der Waals surface area contributed by atoms with Crippen LogP contribution in [-0.4, -0.2) is 60.7 Å². The molecule has 162 valence electrons. The van der Waals surface area contributed by atoms with Crippen molar-refractivity contribution in [3.05, 3.63) is 65.9 Å². The highest BCUT2D eigenvalue weighted by molar-refractivity contribution is 5.96. The van der Waals surface area contributed by atoms with Crippen LogP contribution < -0.4 is 9.80 Å². The summed E-state index contributed by atoms with van der Waals surface area (Å²) in [6.07, 6.45) is 2.51. The van der Waals surface area contributed by atoms with Crippen LogP contribution in [0.4, 0.5) is 25.1 Å². The molecule has 2 fully saturated rings. The average Bonchev–Trinajstić information content (AvgIpc) is 3.14. The van der Waals surface area contributed by atoms with Crippen LogP contribution in [0.2, 0.25) is 0 Å². The van der Waals surface area contributed by atoms with Crippen molar-refractivity contribution in [2.24, 2.45) is 0 Å². The zero-order valence-electron chi connectivity index (χ0n) is 17.1. The Labute approximate surface area is 178 Å². The van der Waals surface area contributed by atoms with E-state index in [4.69, 9.17) is 4.74 Å². The van der Waals surface area contributed by atoms with Crippen LogP contribution in [0.5, 0.6) is 0 Å². The number of aryl methyl sites for hydroxylation is 1. The molecule has 3 heterocycles. The van der Waals surface area contributed by atoms with E-state index in [9.17, 15) is 18.4 Å². The van der Waals surface area contributed by atoms with E-state index in [2.05, 4.69) is 11.6 Å². The van der Waals surface area contributed by atoms with Gasteiger partial charge in [-0.3, -0.25) is 9.69 Å². The van der Waals surface area contributed by atoms with Gasteiger partial charge in [0.25, 0.3) is 5.91 Å². The van der Waals surface area contributed by atoms with Crippen molar-refractivity contribution in [1.29, 1.82) is 0 Å². The summed E-state index contributed by atoms with van der Waals surface area (Å²) in [5.41, 5.74) is 0.399. The van der Waals surface area contributed by atoms with Crippen LogP contribution in [0, 0.1) is 18.6 Å². The Hall–Kier alpha value is -3.49. The van der Waals surface area contributed by atoms with Gasteiger partial charge < -0.3 is 14.5 Å². The molecule has 7 nitrogen and oxygen atoms in total. The molecule has 0 radical (unpaired) electrons. The van der Waals surface area contributed by atoms with Crippen LogP contribution in [0.25, 0.3) is 0 Å². The first-order chi connectivity index (χ1) is 14.9. The van der Waals surface area contributed by atoms with Crippen LogP contribution in [0.15, 0.2) is 43.1 Å². The second-order valence-corrected chi connectivity index (χ2v) is 7.51. The SMILES string of the molecule is C=C[C@@H]1COC(=O)N1c1cc(F)c(C(=O)N2CCN(c3ccc(C)cn3)CC2)c(F)c1. The number of pyridine rings is 1. The summed E-state index contributed by atoms with van der Waals surface area (Å²) in [6, 6.07) is 5.29. The summed E-state index contributed by atoms with van der Waals surface area (Å²) < 4.78 is 34.5. The van der Waals surface area contributed by atoms with Gasteiger partial charge in [0.1, 0.15) is 29.6 Å². The molecule has 0 unspecified atom stereocenters. The van der Waals surface area contributed by atoms with Crippen molar-refractivity contribution in [2.75, 3.05) is 42.6 Å². The van der Waals surface area contributed by atoms with Crippen LogP contribution >= 0.6 is 0 Å². The fourth-order valence-corrected chi connectivity index (χ4v) is 3.75. The first-order valence-electron chi connectivity index (χ1n) is 9.93. The highest BCUT2D eigenvalue weighted by Gasteiger charge is 2.34. The molecule has 31 heavy (non-hydrogen) atoms. The number of carbonyl (C=O) groups is 2. The molecular formula is C22H22F2N4O3. The summed E-state index contributed by atoms with van der Waals surface area (Å²) in [6.45, 7) is 7.24. The fourth-order valence-electron chi connectivity index (χ4n) is 3.75. The van der Waals surface area contributed by atoms with E-state index in [0.717, 1.165) is 28.4 Å². The minimum absolute atomic E-state index is 0.0192. The number of anilines is 2. The fraction of sp³-hybridized carbons (Fsp3) is 0.318. The van der Waals surface area contributed by atoms with E-state index in [1.54, 1.807) is 6.20 Å². The van der Waals surface area contributed by atoms with Gasteiger partial charge in [-0.1, -0.05) is 12.1 Å². The lowest BCUT2D eigenvalue weighted by Gasteiger charge is -2.35. The Kier molecular flexibility index (Phi) is 5.58. The molecule has 0 N–H and O–H groups in total. The summed E-state index contributed by atoms with van der Waals surface area (Å²) in [5.74, 6) is -1.97. The number of rotatable bonds is 4. The van der Waals surface area contributed by atoms with E-state index in [-0.39, 0.29) is 12.3 Å². The molecule has 0 bridgehead atoms. The molecule has 0 aliphatic carbocycles. The number of hydrogen-bond donors (Lipinski definition) is 0. The number of hydrogen-bond acceptors (Lipinski definition) is 5. The minimum atomic E-state index is -1.02. The first kappa shape index (κ1) is 20.8. The third kappa shape index (κ3) is 3.95. The Morgan fingerprint density at radius 2 is 1.87 bits per heavy atom. The summed E-state index contributed by atoms with van der Waals surface area (Å²) >= 11 is 0. The number of nitrogens with zero attached hydrogens (tertiary/aromatic N) is 4. The number of cyclic esters (lactones) is 1. The Morgan fingerprint density at radius 1 is 1.19 bits per heavy atom. The normalized spacial score (nSPS) is 18.9. The van der Waals surface area contributed by atoms with E-state index in [1.165, 1.54) is 11.0 Å². The topological polar surface area (TPSA) is 66.0 Å². The average molecular weight is 428 g/mol. The molecule has 0 saturated carbocycles. The van der Waals surface area contributed by atoms with Crippen molar-refractivity contribution >= 4 is 23.5 Å². The van der Waals surface area contributed by atoms with E-state index in [0.29, 0.717) is 26.2 Å². The van der Waals surface area contributed by atoms with Gasteiger partial charge in [0.05, 0.1) is 11.7 Å². The van der Waals surface area contributed by atoms with Gasteiger partial charge in [0.15, 0.2) is 0 Å². The van der Waals surface area contributed by atoms with Gasteiger partial charge in [0.2, 0.25) is 0 Å². The maximum atomic E-state index is 14.8. The molecule has 1 aromatic heterocycles. The van der Waals surface area contributed by atoms with Crippen LogP contribution in [0.3, 0.4) is 0 Å². The van der Waals surface area contributed by atoms with E-state index < -0.39 is 35.2 Å². The van der Waals surface area contributed by atoms with Gasteiger partial charge in [0, 0.05) is 32.4 Å². The number of amides is 2. The van der Waals surface area contributed by atoms with E-state index >= 15 is 0 Å². The number of ether oxygens (including phenoxy) is 1. The van der Waals surface area contributed by atoms with Crippen molar-refractivity contribution in [3.63, 3.8) is 0 Å². The van der Waals surface area contributed by atoms with Crippen molar-refractivity contribution in [1.82, 2.24) is 9.88 Å². The maximum Gasteiger partial charge on any atom is 0.415 e. The number of aromatic nitrogens is 1. The summed E-state index contributed by atoms with van der Waals surface area (Å²) in [7, 11) is 0. The van der Waals surface area contributed by atoms with Crippen LogP contribution in [0.1, 0.15) is 15.9 Å². The Balaban J connectivity index is 1.49. The number of piperazine rings is 1. The Bertz CT molecular complexity index is 997. The minimum Gasteiger partial charge on any atom is -0.447 e. The molecule has 2 aliphatic heterocycles. The second-order valence-electron chi connectivity index (χ2n) is 7.51. The zero-order valence-corrected chi connectivity index (χ0v) is 17.1. The van der Waals surface area contributed by atoms with Crippen molar-refractivity contribution in [3.8, 4) is 0 Å². The standard InChI is InChI=1S/C22H22F2N4O3/c1-3-15-13-31-22(30)28(15)16-10-17(23)20(18(24)11-16)21(29)27-8-6-26(7-9-27)19-5-4-14(2)12-25-19/h3-5,10-12,15H,1,6-9,13H2,2H3/t15-/m1/s1. The summed E-state index contributed by atoms with van der Waals surface area (Å²) in [4.78, 5) is 33.7. The van der Waals surface area contributed by atoms with Crippen molar-refractivity contribution in [2.45, 2.75) is 13.0 Å². The van der Waals surface area contributed by atoms with Gasteiger partial charge in [-0.05, 0) is 30.7 Å². The largest absolute Gasteiger partial charge is 0.447 e. The first-order valence-corrected chi connectivity index (χ1v) is 9.93. The quantitative estimate of drug-likeness (QED) is 0.700. The molecular weight excluding hydrogens is 406 g/mol. The predicted molar refractivity (Wildman–Crippen MR) is 111 cm³/mol. The molecule has 2 aromatic rings. The molecule has 2 amide bonds. The lowest BCUT2D eigenvalue weighted by Crippen LogP contribution is -2.49. The third-order valence-corrected chi connectivity index (χ3v) is 5.48. The van der Waals surface area contributed by atoms with Gasteiger partial charge >= 0.3 is 6.09 Å². The lowest BCUT2D eigenvalue weighted by molar-refractivity contribution is 0.0736. The molecule has 2 aliphatic rings. The van der Waals surface area contributed by atoms with Gasteiger partial charge in [-0.25, -0.2) is 18.6 Å². The molecule has 9 heteroatoms. The lowest BCUT2D eigenvalue weighted by atomic mass is 10.1. The van der Waals surface area contributed by atoms with E-state index in [1.807, 2.05) is 24.0 Å². The molecule has 1 aromatic carbocycles. The molecule has 2 saturated heterocycles. The summed E-state index contributed by atoms with van der Waals surface area (Å²) in [5, 5.41) is 0. The smallest absolute Gasteiger partial charge is 0.415 e. The monoisotopic (exact) mass is 428 g/mol. The van der Waals surface area contributed by atoms with Gasteiger partial charge in [-0.15, -0.1) is 6.58 Å². The number of benzene rings is 1. The number of carbonyl (C=O) groups excluding carboxylic acids is 2. The van der Waals surface area contributed by atoms with Crippen LogP contribution in [-0.2, 0) is 4.74 Å². The zero-order chi connectivity index (χ0) is 22.1. The number of halogens is 2. The predicted octanol–water partition coefficient (Wildman–Crippen LogP) is 3.14. The highest BCUT2D eigenvalue weighted by Crippen LogP contribution is 2.28. The molecule has 0 spiro atoms. The highest BCUT2D eigenvalue weighted by atomic mass is 19.1. The maximum absolute atomic E-state index is 14.8. The third-order valence-electron chi connectivity index (χ3n) is 5.48. The Morgan fingerprint density at radius 3 is 2.45 bits per heavy atom. The molecule has 1 atom stereocenters. The molecule has 4 rings (SSSR count).